The molecule has 0 heterocycles. The van der Waals surface area contributed by atoms with E-state index >= 15 is 0 Å². The zero-order valence-electron chi connectivity index (χ0n) is 15.4. The molecule has 0 fully saturated rings. The smallest absolute Gasteiger partial charge is 0.328 e. The largest absolute Gasteiger partial charge is 0.459 e. The Bertz CT molecular complexity index is 768. The number of ether oxygens (including phenoxy) is 1. The summed E-state index contributed by atoms with van der Waals surface area (Å²) in [5, 5.41) is 2.71. The molecule has 148 valence electrons. The lowest BCUT2D eigenvalue weighted by atomic mass is 10.1. The Morgan fingerprint density at radius 2 is 1.46 bits per heavy atom. The minimum atomic E-state index is -0.860. The van der Waals surface area contributed by atoms with Crippen LogP contribution >= 0.6 is 22.9 Å². The van der Waals surface area contributed by atoms with Gasteiger partial charge in [0.15, 0.2) is 0 Å². The van der Waals surface area contributed by atoms with E-state index in [9.17, 15) is 14.4 Å². The number of carbonyl (C=O) groups excluding carboxylic acids is 3. The van der Waals surface area contributed by atoms with Crippen molar-refractivity contribution >= 4 is 40.6 Å². The van der Waals surface area contributed by atoms with Gasteiger partial charge in [-0.2, -0.15) is 0 Å². The summed E-state index contributed by atoms with van der Waals surface area (Å²) in [7, 11) is 0. The number of benzene rings is 2. The average molecular weight is 494 g/mol. The van der Waals surface area contributed by atoms with E-state index in [1.54, 1.807) is 22.9 Å². The van der Waals surface area contributed by atoms with Gasteiger partial charge in [-0.25, -0.2) is 4.79 Å². The van der Waals surface area contributed by atoms with E-state index in [-0.39, 0.29) is 37.7 Å². The van der Waals surface area contributed by atoms with Crippen molar-refractivity contribution in [2.75, 3.05) is 0 Å². The standard InChI is InChI=1S/C21H23IN2O4/c22-24-20(26)14-12-18(21(27)28-15-17-9-5-2-6-10-17)23-19(25)13-11-16-7-3-1-4-8-16/h1-10,18H,11-15H2,(H,23,25)(H,24,26)/t18-/m0/s1. The lowest BCUT2D eigenvalue weighted by Crippen LogP contribution is -2.42. The summed E-state index contributed by atoms with van der Waals surface area (Å²) in [6.07, 6.45) is 1.13. The molecule has 0 aliphatic heterocycles. The molecule has 6 nitrogen and oxygen atoms in total. The SMILES string of the molecule is O=C(CC[C@H](NC(=O)CCc1ccccc1)C(=O)OCc1ccccc1)NI. The molecule has 28 heavy (non-hydrogen) atoms. The highest BCUT2D eigenvalue weighted by atomic mass is 127. The normalized spacial score (nSPS) is 11.3. The Balaban J connectivity index is 1.90. The molecule has 0 bridgehead atoms. The van der Waals surface area contributed by atoms with Crippen LogP contribution in [0.1, 0.15) is 30.4 Å². The van der Waals surface area contributed by atoms with Gasteiger partial charge in [0.05, 0.1) is 22.9 Å². The van der Waals surface area contributed by atoms with Crippen molar-refractivity contribution in [3.05, 3.63) is 71.8 Å². The van der Waals surface area contributed by atoms with Crippen molar-refractivity contribution in [1.29, 1.82) is 0 Å². The zero-order chi connectivity index (χ0) is 20.2. The van der Waals surface area contributed by atoms with Crippen LogP contribution in [0.3, 0.4) is 0 Å². The van der Waals surface area contributed by atoms with Crippen LogP contribution in [-0.4, -0.2) is 23.8 Å². The molecule has 2 amide bonds. The molecule has 0 saturated carbocycles. The Labute approximate surface area is 178 Å². The topological polar surface area (TPSA) is 84.5 Å². The maximum Gasteiger partial charge on any atom is 0.328 e. The van der Waals surface area contributed by atoms with Crippen molar-refractivity contribution in [2.24, 2.45) is 0 Å². The maximum absolute atomic E-state index is 12.5. The fourth-order valence-corrected chi connectivity index (χ4v) is 2.84. The first-order valence-corrected chi connectivity index (χ1v) is 10.1. The molecule has 0 spiro atoms. The molecule has 0 aliphatic rings. The first-order valence-electron chi connectivity index (χ1n) is 9.02. The molecule has 0 aromatic heterocycles. The average Bonchev–Trinajstić information content (AvgIpc) is 2.74. The van der Waals surface area contributed by atoms with Crippen LogP contribution in [0.4, 0.5) is 0 Å². The quantitative estimate of drug-likeness (QED) is 0.302. The van der Waals surface area contributed by atoms with E-state index in [1.165, 1.54) is 0 Å². The third-order valence-electron chi connectivity index (χ3n) is 4.09. The molecule has 2 N–H and O–H groups in total. The number of aryl methyl sites for hydroxylation is 1. The Hall–Kier alpha value is -2.42. The molecule has 0 aliphatic carbocycles. The third-order valence-corrected chi connectivity index (χ3v) is 4.69. The summed E-state index contributed by atoms with van der Waals surface area (Å²) in [6, 6.07) is 18.1. The molecule has 2 aromatic rings. The molecular weight excluding hydrogens is 471 g/mol. The second kappa shape index (κ2) is 12.1. The number of hydrogen-bond acceptors (Lipinski definition) is 4. The third kappa shape index (κ3) is 8.08. The van der Waals surface area contributed by atoms with Crippen LogP contribution < -0.4 is 8.85 Å². The highest BCUT2D eigenvalue weighted by Gasteiger charge is 2.23. The number of hydrogen-bond donors (Lipinski definition) is 2. The zero-order valence-corrected chi connectivity index (χ0v) is 17.6. The van der Waals surface area contributed by atoms with E-state index in [2.05, 4.69) is 8.85 Å². The van der Waals surface area contributed by atoms with Crippen molar-refractivity contribution in [2.45, 2.75) is 38.3 Å². The van der Waals surface area contributed by atoms with Gasteiger partial charge in [-0.1, -0.05) is 60.7 Å². The highest BCUT2D eigenvalue weighted by Crippen LogP contribution is 2.07. The van der Waals surface area contributed by atoms with Gasteiger partial charge in [0, 0.05) is 12.8 Å². The minimum absolute atomic E-state index is 0.118. The summed E-state index contributed by atoms with van der Waals surface area (Å²) < 4.78 is 7.82. The molecule has 2 rings (SSSR count). The number of nitrogens with one attached hydrogen (secondary N) is 2. The van der Waals surface area contributed by atoms with Gasteiger partial charge >= 0.3 is 5.97 Å². The molecule has 0 unspecified atom stereocenters. The van der Waals surface area contributed by atoms with Crippen molar-refractivity contribution < 1.29 is 19.1 Å². The number of halogens is 1. The molecule has 1 atom stereocenters. The Kier molecular flexibility index (Phi) is 9.47. The summed E-state index contributed by atoms with van der Waals surface area (Å²) in [6.45, 7) is 0.120. The fraction of sp³-hybridized carbons (Fsp3) is 0.286. The molecule has 2 aromatic carbocycles. The predicted octanol–water partition coefficient (Wildman–Crippen LogP) is 3.09. The summed E-state index contributed by atoms with van der Waals surface area (Å²) in [5.41, 5.74) is 1.90. The monoisotopic (exact) mass is 494 g/mol. The number of carbonyl (C=O) groups is 3. The van der Waals surface area contributed by atoms with Gasteiger partial charge in [-0.15, -0.1) is 0 Å². The van der Waals surface area contributed by atoms with Gasteiger partial charge in [-0.3, -0.25) is 13.1 Å². The van der Waals surface area contributed by atoms with Gasteiger partial charge in [0.1, 0.15) is 12.6 Å². The summed E-state index contributed by atoms with van der Waals surface area (Å²) in [4.78, 5) is 36.3. The minimum Gasteiger partial charge on any atom is -0.459 e. The van der Waals surface area contributed by atoms with E-state index in [1.807, 2.05) is 60.7 Å². The number of rotatable bonds is 10. The highest BCUT2D eigenvalue weighted by molar-refractivity contribution is 14.1. The predicted molar refractivity (Wildman–Crippen MR) is 114 cm³/mol. The van der Waals surface area contributed by atoms with Crippen LogP contribution in [0.2, 0.25) is 0 Å². The number of esters is 1. The second-order valence-corrected chi connectivity index (χ2v) is 6.79. The van der Waals surface area contributed by atoms with Crippen molar-refractivity contribution in [3.63, 3.8) is 0 Å². The number of amides is 2. The summed E-state index contributed by atoms with van der Waals surface area (Å²) >= 11 is 1.74. The van der Waals surface area contributed by atoms with E-state index in [0.717, 1.165) is 11.1 Å². The lowest BCUT2D eigenvalue weighted by molar-refractivity contribution is -0.149. The van der Waals surface area contributed by atoms with E-state index in [4.69, 9.17) is 4.74 Å². The van der Waals surface area contributed by atoms with Crippen LogP contribution in [0, 0.1) is 0 Å². The van der Waals surface area contributed by atoms with Gasteiger partial charge in [0.25, 0.3) is 0 Å². The lowest BCUT2D eigenvalue weighted by Gasteiger charge is -2.17. The molecule has 0 saturated heterocycles. The first-order chi connectivity index (χ1) is 13.6. The second-order valence-electron chi connectivity index (χ2n) is 6.26. The molecule has 7 heteroatoms. The Morgan fingerprint density at radius 1 is 0.857 bits per heavy atom. The molecular formula is C21H23IN2O4. The van der Waals surface area contributed by atoms with E-state index < -0.39 is 12.0 Å². The maximum atomic E-state index is 12.5. The molecule has 0 radical (unpaired) electrons. The van der Waals surface area contributed by atoms with Crippen molar-refractivity contribution in [1.82, 2.24) is 8.85 Å². The van der Waals surface area contributed by atoms with Crippen LogP contribution in [0.5, 0.6) is 0 Å². The van der Waals surface area contributed by atoms with Crippen molar-refractivity contribution in [3.8, 4) is 0 Å². The van der Waals surface area contributed by atoms with Crippen LogP contribution in [0.25, 0.3) is 0 Å². The summed E-state index contributed by atoms with van der Waals surface area (Å²) in [5.74, 6) is -1.00. The van der Waals surface area contributed by atoms with Crippen LogP contribution in [-0.2, 0) is 32.1 Å². The van der Waals surface area contributed by atoms with Gasteiger partial charge < -0.3 is 10.1 Å². The van der Waals surface area contributed by atoms with Crippen LogP contribution in [0.15, 0.2) is 60.7 Å². The van der Waals surface area contributed by atoms with Gasteiger partial charge in [-0.05, 0) is 24.0 Å². The first kappa shape index (κ1) is 21.9. The van der Waals surface area contributed by atoms with E-state index in [0.29, 0.717) is 6.42 Å². The fourth-order valence-electron chi connectivity index (χ4n) is 2.57. The van der Waals surface area contributed by atoms with Gasteiger partial charge in [0.2, 0.25) is 11.8 Å². The Morgan fingerprint density at radius 3 is 2.07 bits per heavy atom.